The average Bonchev–Trinajstić information content (AvgIpc) is 2.35. The molecule has 2 aromatic rings. The van der Waals surface area contributed by atoms with Gasteiger partial charge in [0.2, 0.25) is 0 Å². The zero-order valence-electron chi connectivity index (χ0n) is 10.2. The van der Waals surface area contributed by atoms with Gasteiger partial charge in [-0.1, -0.05) is 12.1 Å². The SMILES string of the molecule is Cc1cccc(Oc2ccncc2C(=O)O)c1C. The fourth-order valence-corrected chi connectivity index (χ4v) is 1.58. The summed E-state index contributed by atoms with van der Waals surface area (Å²) in [6, 6.07) is 7.21. The van der Waals surface area contributed by atoms with E-state index in [9.17, 15) is 4.79 Å². The van der Waals surface area contributed by atoms with E-state index in [0.717, 1.165) is 11.1 Å². The summed E-state index contributed by atoms with van der Waals surface area (Å²) >= 11 is 0. The molecule has 0 atom stereocenters. The lowest BCUT2D eigenvalue weighted by Gasteiger charge is -2.11. The Labute approximate surface area is 105 Å². The first-order chi connectivity index (χ1) is 8.59. The van der Waals surface area contributed by atoms with Crippen molar-refractivity contribution >= 4 is 5.97 Å². The molecule has 0 aliphatic heterocycles. The molecule has 1 heterocycles. The van der Waals surface area contributed by atoms with E-state index in [1.165, 1.54) is 12.4 Å². The highest BCUT2D eigenvalue weighted by molar-refractivity contribution is 5.90. The van der Waals surface area contributed by atoms with Crippen molar-refractivity contribution in [1.29, 1.82) is 0 Å². The van der Waals surface area contributed by atoms with Gasteiger partial charge >= 0.3 is 5.97 Å². The Morgan fingerprint density at radius 1 is 1.22 bits per heavy atom. The van der Waals surface area contributed by atoms with Gasteiger partial charge in [0.1, 0.15) is 17.1 Å². The standard InChI is InChI=1S/C14H13NO3/c1-9-4-3-5-12(10(9)2)18-13-6-7-15-8-11(13)14(16)17/h3-8H,1-2H3,(H,16,17). The number of carbonyl (C=O) groups is 1. The number of carboxylic acids is 1. The van der Waals surface area contributed by atoms with E-state index in [1.807, 2.05) is 32.0 Å². The van der Waals surface area contributed by atoms with Crippen LogP contribution >= 0.6 is 0 Å². The minimum Gasteiger partial charge on any atom is -0.477 e. The molecule has 1 aromatic carbocycles. The Bertz CT molecular complexity index is 593. The van der Waals surface area contributed by atoms with Crippen LogP contribution in [0.3, 0.4) is 0 Å². The van der Waals surface area contributed by atoms with Crippen LogP contribution in [0.5, 0.6) is 11.5 Å². The molecule has 0 radical (unpaired) electrons. The fraction of sp³-hybridized carbons (Fsp3) is 0.143. The summed E-state index contributed by atoms with van der Waals surface area (Å²) in [5.74, 6) is -0.0988. The number of hydrogen-bond donors (Lipinski definition) is 1. The number of aromatic carboxylic acids is 1. The van der Waals surface area contributed by atoms with Crippen molar-refractivity contribution in [3.8, 4) is 11.5 Å². The predicted molar refractivity (Wildman–Crippen MR) is 67.2 cm³/mol. The maximum absolute atomic E-state index is 11.0. The lowest BCUT2D eigenvalue weighted by Crippen LogP contribution is -2.01. The molecule has 0 bridgehead atoms. The van der Waals surface area contributed by atoms with E-state index < -0.39 is 5.97 Å². The summed E-state index contributed by atoms with van der Waals surface area (Å²) in [7, 11) is 0. The van der Waals surface area contributed by atoms with Gasteiger partial charge in [0.25, 0.3) is 0 Å². The van der Waals surface area contributed by atoms with Gasteiger partial charge in [0, 0.05) is 18.5 Å². The highest BCUT2D eigenvalue weighted by atomic mass is 16.5. The first-order valence-corrected chi connectivity index (χ1v) is 5.51. The topological polar surface area (TPSA) is 59.4 Å². The number of benzene rings is 1. The number of hydrogen-bond acceptors (Lipinski definition) is 3. The smallest absolute Gasteiger partial charge is 0.341 e. The molecule has 4 nitrogen and oxygen atoms in total. The molecule has 0 aliphatic rings. The summed E-state index contributed by atoms with van der Waals surface area (Å²) in [6.45, 7) is 3.92. The Balaban J connectivity index is 2.40. The first kappa shape index (κ1) is 12.1. The number of rotatable bonds is 3. The predicted octanol–water partition coefficient (Wildman–Crippen LogP) is 3.19. The number of aryl methyl sites for hydroxylation is 1. The number of aromatic nitrogens is 1. The van der Waals surface area contributed by atoms with Crippen molar-refractivity contribution in [2.24, 2.45) is 0 Å². The van der Waals surface area contributed by atoms with Gasteiger partial charge in [-0.25, -0.2) is 4.79 Å². The Kier molecular flexibility index (Phi) is 3.28. The van der Waals surface area contributed by atoms with Crippen molar-refractivity contribution in [2.45, 2.75) is 13.8 Å². The van der Waals surface area contributed by atoms with Crippen molar-refractivity contribution in [3.63, 3.8) is 0 Å². The van der Waals surface area contributed by atoms with Crippen molar-refractivity contribution in [2.75, 3.05) is 0 Å². The molecular formula is C14H13NO3. The summed E-state index contributed by atoms with van der Waals surface area (Å²) in [5.41, 5.74) is 2.14. The maximum Gasteiger partial charge on any atom is 0.341 e. The summed E-state index contributed by atoms with van der Waals surface area (Å²) < 4.78 is 5.66. The number of carboxylic acid groups (broad SMARTS) is 1. The van der Waals surface area contributed by atoms with E-state index in [0.29, 0.717) is 11.5 Å². The molecule has 92 valence electrons. The molecule has 1 N–H and O–H groups in total. The fourth-order valence-electron chi connectivity index (χ4n) is 1.58. The van der Waals surface area contributed by atoms with Crippen LogP contribution < -0.4 is 4.74 Å². The number of ether oxygens (including phenoxy) is 1. The van der Waals surface area contributed by atoms with Gasteiger partial charge in [-0.15, -0.1) is 0 Å². The van der Waals surface area contributed by atoms with Crippen LogP contribution in [-0.4, -0.2) is 16.1 Å². The van der Waals surface area contributed by atoms with Gasteiger partial charge in [0.05, 0.1) is 0 Å². The van der Waals surface area contributed by atoms with Gasteiger partial charge in [-0.3, -0.25) is 4.98 Å². The molecule has 0 spiro atoms. The monoisotopic (exact) mass is 243 g/mol. The quantitative estimate of drug-likeness (QED) is 0.899. The molecule has 0 fully saturated rings. The van der Waals surface area contributed by atoms with E-state index in [1.54, 1.807) is 6.07 Å². The molecule has 0 amide bonds. The Morgan fingerprint density at radius 2 is 2.00 bits per heavy atom. The molecule has 0 unspecified atom stereocenters. The summed E-state index contributed by atoms with van der Waals surface area (Å²) in [6.07, 6.45) is 2.79. The van der Waals surface area contributed by atoms with E-state index in [-0.39, 0.29) is 5.56 Å². The molecule has 2 rings (SSSR count). The van der Waals surface area contributed by atoms with Crippen LogP contribution in [0, 0.1) is 13.8 Å². The minimum atomic E-state index is -1.05. The van der Waals surface area contributed by atoms with Crippen LogP contribution in [-0.2, 0) is 0 Å². The first-order valence-electron chi connectivity index (χ1n) is 5.51. The van der Waals surface area contributed by atoms with Crippen molar-refractivity contribution < 1.29 is 14.6 Å². The zero-order chi connectivity index (χ0) is 13.1. The third-order valence-electron chi connectivity index (χ3n) is 2.79. The molecule has 0 saturated carbocycles. The summed E-state index contributed by atoms with van der Waals surface area (Å²) in [4.78, 5) is 14.8. The number of pyridine rings is 1. The maximum atomic E-state index is 11.0. The molecule has 18 heavy (non-hydrogen) atoms. The second-order valence-electron chi connectivity index (χ2n) is 3.98. The zero-order valence-corrected chi connectivity index (χ0v) is 10.2. The molecule has 0 aliphatic carbocycles. The Hall–Kier alpha value is -2.36. The molecule has 0 saturated heterocycles. The van der Waals surface area contributed by atoms with Crippen LogP contribution in [0.15, 0.2) is 36.7 Å². The van der Waals surface area contributed by atoms with Crippen LogP contribution in [0.1, 0.15) is 21.5 Å². The molecular weight excluding hydrogens is 230 g/mol. The van der Waals surface area contributed by atoms with E-state index >= 15 is 0 Å². The summed E-state index contributed by atoms with van der Waals surface area (Å²) in [5, 5.41) is 9.05. The second-order valence-corrected chi connectivity index (χ2v) is 3.98. The average molecular weight is 243 g/mol. The lowest BCUT2D eigenvalue weighted by molar-refractivity contribution is 0.0693. The van der Waals surface area contributed by atoms with Crippen LogP contribution in [0.4, 0.5) is 0 Å². The lowest BCUT2D eigenvalue weighted by atomic mass is 10.1. The van der Waals surface area contributed by atoms with Crippen LogP contribution in [0.2, 0.25) is 0 Å². The molecule has 4 heteroatoms. The van der Waals surface area contributed by atoms with E-state index in [4.69, 9.17) is 9.84 Å². The third-order valence-corrected chi connectivity index (χ3v) is 2.79. The van der Waals surface area contributed by atoms with Gasteiger partial charge < -0.3 is 9.84 Å². The van der Waals surface area contributed by atoms with Gasteiger partial charge in [-0.2, -0.15) is 0 Å². The largest absolute Gasteiger partial charge is 0.477 e. The minimum absolute atomic E-state index is 0.0541. The third kappa shape index (κ3) is 2.32. The Morgan fingerprint density at radius 3 is 2.72 bits per heavy atom. The number of nitrogens with zero attached hydrogens (tertiary/aromatic N) is 1. The van der Waals surface area contributed by atoms with Crippen LogP contribution in [0.25, 0.3) is 0 Å². The van der Waals surface area contributed by atoms with Gasteiger partial charge in [-0.05, 0) is 31.0 Å². The second kappa shape index (κ2) is 4.87. The normalized spacial score (nSPS) is 10.1. The van der Waals surface area contributed by atoms with Crippen molar-refractivity contribution in [1.82, 2.24) is 4.98 Å². The highest BCUT2D eigenvalue weighted by Crippen LogP contribution is 2.28. The van der Waals surface area contributed by atoms with Gasteiger partial charge in [0.15, 0.2) is 0 Å². The van der Waals surface area contributed by atoms with E-state index in [2.05, 4.69) is 4.98 Å². The molecule has 1 aromatic heterocycles. The van der Waals surface area contributed by atoms with Crippen molar-refractivity contribution in [3.05, 3.63) is 53.3 Å². The highest BCUT2D eigenvalue weighted by Gasteiger charge is 2.12.